The van der Waals surface area contributed by atoms with Crippen LogP contribution in [0.1, 0.15) is 55.2 Å². The SMILES string of the molecule is O=C(O)COCCCCOc1ccc(C2CCN(C3=Nn4c(nnc4C(F)(F)F)CC3)CC2)cc1. The minimum absolute atomic E-state index is 0.241. The molecular weight excluding hydrogens is 467 g/mol. The highest BCUT2D eigenvalue weighted by Gasteiger charge is 2.40. The maximum atomic E-state index is 13.2. The summed E-state index contributed by atoms with van der Waals surface area (Å²) in [7, 11) is 0. The Bertz CT molecular complexity index is 1030. The molecule has 9 nitrogen and oxygen atoms in total. The summed E-state index contributed by atoms with van der Waals surface area (Å²) < 4.78 is 51.1. The van der Waals surface area contributed by atoms with Gasteiger partial charge in [-0.05, 0) is 49.3 Å². The Morgan fingerprint density at radius 3 is 2.46 bits per heavy atom. The molecule has 1 fully saturated rings. The number of ether oxygens (including phenoxy) is 2. The molecule has 0 atom stereocenters. The Kier molecular flexibility index (Phi) is 7.89. The third kappa shape index (κ3) is 6.50. The predicted octanol–water partition coefficient (Wildman–Crippen LogP) is 3.54. The number of benzene rings is 1. The van der Waals surface area contributed by atoms with Gasteiger partial charge in [0.15, 0.2) is 5.82 Å². The standard InChI is InChI=1S/C23H28F3N5O4/c24-23(25,26)22-28-27-19-7-8-20(29-31(19)22)30-11-9-17(10-12-30)16-3-5-18(6-4-16)35-14-2-1-13-34-15-21(32)33/h3-6,17H,1-2,7-15H2,(H,32,33). The van der Waals surface area contributed by atoms with Crippen LogP contribution < -0.4 is 4.74 Å². The number of amidine groups is 1. The number of carboxylic acid groups (broad SMARTS) is 1. The van der Waals surface area contributed by atoms with Gasteiger partial charge in [0.1, 0.15) is 18.2 Å². The fraction of sp³-hybridized carbons (Fsp3) is 0.565. The number of fused-ring (bicyclic) bond motifs is 1. The van der Waals surface area contributed by atoms with Crippen molar-refractivity contribution in [2.75, 3.05) is 32.9 Å². The lowest BCUT2D eigenvalue weighted by Crippen LogP contribution is -2.40. The Balaban J connectivity index is 1.23. The van der Waals surface area contributed by atoms with E-state index in [9.17, 15) is 18.0 Å². The molecule has 1 aromatic carbocycles. The molecule has 1 N–H and O–H groups in total. The van der Waals surface area contributed by atoms with E-state index in [0.29, 0.717) is 37.8 Å². The van der Waals surface area contributed by atoms with E-state index in [0.717, 1.165) is 49.2 Å². The molecule has 190 valence electrons. The molecule has 1 aromatic heterocycles. The first-order valence-corrected chi connectivity index (χ1v) is 11.7. The van der Waals surface area contributed by atoms with Crippen molar-refractivity contribution >= 4 is 11.8 Å². The summed E-state index contributed by atoms with van der Waals surface area (Å²) in [6.07, 6.45) is -0.378. The van der Waals surface area contributed by atoms with Crippen LogP contribution in [0.3, 0.4) is 0 Å². The molecule has 1 saturated heterocycles. The number of halogens is 3. The normalized spacial score (nSPS) is 16.7. The molecule has 3 heterocycles. The Labute approximate surface area is 200 Å². The van der Waals surface area contributed by atoms with Crippen LogP contribution >= 0.6 is 0 Å². The Morgan fingerprint density at radius 1 is 1.06 bits per heavy atom. The summed E-state index contributed by atoms with van der Waals surface area (Å²) in [4.78, 5) is 12.4. The number of piperidine rings is 1. The number of nitrogens with zero attached hydrogens (tertiary/aromatic N) is 5. The average Bonchev–Trinajstić information content (AvgIpc) is 3.28. The quantitative estimate of drug-likeness (QED) is 0.531. The molecule has 2 aromatic rings. The van der Waals surface area contributed by atoms with Crippen molar-refractivity contribution in [3.63, 3.8) is 0 Å². The van der Waals surface area contributed by atoms with Gasteiger partial charge in [-0.25, -0.2) is 4.79 Å². The van der Waals surface area contributed by atoms with Crippen LogP contribution in [0.25, 0.3) is 0 Å². The fourth-order valence-electron chi connectivity index (χ4n) is 4.32. The number of carbonyl (C=O) groups is 1. The third-order valence-electron chi connectivity index (χ3n) is 6.14. The van der Waals surface area contributed by atoms with Gasteiger partial charge in [-0.2, -0.15) is 22.9 Å². The van der Waals surface area contributed by atoms with Crippen molar-refractivity contribution in [2.24, 2.45) is 5.10 Å². The zero-order valence-electron chi connectivity index (χ0n) is 19.2. The molecule has 4 rings (SSSR count). The number of aromatic nitrogens is 3. The summed E-state index contributed by atoms with van der Waals surface area (Å²) in [5, 5.41) is 19.7. The molecule has 0 amide bonds. The molecule has 0 aliphatic carbocycles. The molecule has 35 heavy (non-hydrogen) atoms. The van der Waals surface area contributed by atoms with Gasteiger partial charge in [0.25, 0.3) is 5.82 Å². The van der Waals surface area contributed by atoms with Crippen LogP contribution in [0, 0.1) is 0 Å². The maximum absolute atomic E-state index is 13.2. The average molecular weight is 496 g/mol. The molecule has 2 aliphatic rings. The van der Waals surface area contributed by atoms with Gasteiger partial charge < -0.3 is 19.5 Å². The van der Waals surface area contributed by atoms with Gasteiger partial charge in [-0.3, -0.25) is 0 Å². The summed E-state index contributed by atoms with van der Waals surface area (Å²) in [5.74, 6) is -0.0111. The number of unbranched alkanes of at least 4 members (excludes halogenated alkanes) is 1. The summed E-state index contributed by atoms with van der Waals surface area (Å²) in [6, 6.07) is 8.01. The number of aryl methyl sites for hydroxylation is 1. The number of carboxylic acids is 1. The monoisotopic (exact) mass is 495 g/mol. The maximum Gasteiger partial charge on any atom is 0.453 e. The van der Waals surface area contributed by atoms with Gasteiger partial charge in [0.2, 0.25) is 0 Å². The van der Waals surface area contributed by atoms with Gasteiger partial charge in [-0.1, -0.05) is 12.1 Å². The van der Waals surface area contributed by atoms with Crippen LogP contribution in [0.15, 0.2) is 29.4 Å². The minimum atomic E-state index is -4.59. The summed E-state index contributed by atoms with van der Waals surface area (Å²) in [5.41, 5.74) is 1.21. The van der Waals surface area contributed by atoms with E-state index in [4.69, 9.17) is 14.6 Å². The van der Waals surface area contributed by atoms with Crippen molar-refractivity contribution in [3.05, 3.63) is 41.5 Å². The fourth-order valence-corrected chi connectivity index (χ4v) is 4.32. The first-order valence-electron chi connectivity index (χ1n) is 11.7. The summed E-state index contributed by atoms with van der Waals surface area (Å²) in [6.45, 7) is 2.09. The van der Waals surface area contributed by atoms with E-state index in [1.54, 1.807) is 0 Å². The highest BCUT2D eigenvalue weighted by atomic mass is 19.4. The number of likely N-dealkylation sites (tertiary alicyclic amines) is 1. The molecule has 0 radical (unpaired) electrons. The minimum Gasteiger partial charge on any atom is -0.494 e. The second-order valence-corrected chi connectivity index (χ2v) is 8.60. The number of hydrogen-bond acceptors (Lipinski definition) is 7. The zero-order chi connectivity index (χ0) is 24.8. The topological polar surface area (TPSA) is 102 Å². The number of rotatable bonds is 9. The van der Waals surface area contributed by atoms with Crippen molar-refractivity contribution in [1.82, 2.24) is 19.8 Å². The highest BCUT2D eigenvalue weighted by Crippen LogP contribution is 2.32. The number of aliphatic carboxylic acids is 1. The molecular formula is C23H28F3N5O4. The highest BCUT2D eigenvalue weighted by molar-refractivity contribution is 5.83. The van der Waals surface area contributed by atoms with Crippen LogP contribution in [-0.2, 0) is 22.1 Å². The molecule has 0 unspecified atom stereocenters. The molecule has 0 bridgehead atoms. The van der Waals surface area contributed by atoms with Gasteiger partial charge in [0, 0.05) is 32.5 Å². The lowest BCUT2D eigenvalue weighted by molar-refractivity contribution is -0.147. The first-order chi connectivity index (χ1) is 16.8. The van der Waals surface area contributed by atoms with E-state index < -0.39 is 18.0 Å². The van der Waals surface area contributed by atoms with E-state index in [1.807, 2.05) is 12.1 Å². The molecule has 2 aliphatic heterocycles. The largest absolute Gasteiger partial charge is 0.494 e. The van der Waals surface area contributed by atoms with E-state index >= 15 is 0 Å². The molecule has 12 heteroatoms. The van der Waals surface area contributed by atoms with E-state index in [1.165, 1.54) is 5.56 Å². The van der Waals surface area contributed by atoms with Crippen molar-refractivity contribution < 1.29 is 32.5 Å². The van der Waals surface area contributed by atoms with Crippen LogP contribution in [0.4, 0.5) is 13.2 Å². The smallest absolute Gasteiger partial charge is 0.453 e. The third-order valence-corrected chi connectivity index (χ3v) is 6.14. The Morgan fingerprint density at radius 2 is 1.77 bits per heavy atom. The van der Waals surface area contributed by atoms with Gasteiger partial charge >= 0.3 is 12.1 Å². The van der Waals surface area contributed by atoms with Crippen LogP contribution in [0.2, 0.25) is 0 Å². The van der Waals surface area contributed by atoms with Crippen molar-refractivity contribution in [2.45, 2.75) is 50.6 Å². The Hall–Kier alpha value is -3.15. The molecule has 0 saturated carbocycles. The van der Waals surface area contributed by atoms with Crippen molar-refractivity contribution in [3.8, 4) is 5.75 Å². The summed E-state index contributed by atoms with van der Waals surface area (Å²) >= 11 is 0. The number of alkyl halides is 3. The van der Waals surface area contributed by atoms with Crippen LogP contribution in [0.5, 0.6) is 5.75 Å². The zero-order valence-corrected chi connectivity index (χ0v) is 19.2. The predicted molar refractivity (Wildman–Crippen MR) is 119 cm³/mol. The van der Waals surface area contributed by atoms with E-state index in [-0.39, 0.29) is 12.4 Å². The van der Waals surface area contributed by atoms with Gasteiger partial charge in [-0.15, -0.1) is 10.2 Å². The lowest BCUT2D eigenvalue weighted by atomic mass is 9.89. The number of hydrogen-bond donors (Lipinski definition) is 1. The van der Waals surface area contributed by atoms with E-state index in [2.05, 4.69) is 32.3 Å². The molecule has 0 spiro atoms. The first kappa shape index (κ1) is 25.0. The van der Waals surface area contributed by atoms with Gasteiger partial charge in [0.05, 0.1) is 6.61 Å². The second kappa shape index (κ2) is 11.1. The van der Waals surface area contributed by atoms with Crippen LogP contribution in [-0.4, -0.2) is 69.6 Å². The van der Waals surface area contributed by atoms with Crippen molar-refractivity contribution in [1.29, 1.82) is 0 Å². The second-order valence-electron chi connectivity index (χ2n) is 8.60. The lowest BCUT2D eigenvalue weighted by Gasteiger charge is -2.35.